The number of aliphatic hydroxyl groups excluding tert-OH is 4. The van der Waals surface area contributed by atoms with Gasteiger partial charge in [-0.2, -0.15) is 0 Å². The van der Waals surface area contributed by atoms with Gasteiger partial charge in [0, 0.05) is 19.4 Å². The molecule has 0 saturated carbocycles. The molecular formula is C15H27NO10. The Morgan fingerprint density at radius 1 is 1.04 bits per heavy atom. The molecule has 0 aromatic rings. The van der Waals surface area contributed by atoms with Crippen molar-refractivity contribution in [1.29, 1.82) is 0 Å². The largest absolute Gasteiger partial charge is 0.481 e. The minimum absolute atomic E-state index is 0.0101. The highest BCUT2D eigenvalue weighted by molar-refractivity contribution is 5.76. The monoisotopic (exact) mass is 381 g/mol. The number of aliphatic carboxylic acids is 1. The number of hydrogen-bond donors (Lipinski definition) is 6. The Labute approximate surface area is 150 Å². The first-order chi connectivity index (χ1) is 12.4. The van der Waals surface area contributed by atoms with Crippen molar-refractivity contribution >= 4 is 11.9 Å². The van der Waals surface area contributed by atoms with Crippen LogP contribution in [0.2, 0.25) is 0 Å². The fourth-order valence-electron chi connectivity index (χ4n) is 2.36. The molecule has 1 aliphatic heterocycles. The van der Waals surface area contributed by atoms with Crippen LogP contribution in [0.1, 0.15) is 19.3 Å². The van der Waals surface area contributed by atoms with Crippen molar-refractivity contribution in [3.05, 3.63) is 0 Å². The Morgan fingerprint density at radius 2 is 1.77 bits per heavy atom. The number of rotatable bonds is 12. The molecule has 6 N–H and O–H groups in total. The van der Waals surface area contributed by atoms with E-state index >= 15 is 0 Å². The maximum absolute atomic E-state index is 11.4. The molecule has 1 saturated heterocycles. The fourth-order valence-corrected chi connectivity index (χ4v) is 2.36. The Morgan fingerprint density at radius 3 is 2.42 bits per heavy atom. The predicted molar refractivity (Wildman–Crippen MR) is 85.0 cm³/mol. The SMILES string of the molecule is O=C(O)CCCC(=O)NCCOCCO[C@@H]1C(O)[C@H](O)OC(CO)[C@H]1O. The van der Waals surface area contributed by atoms with Crippen molar-refractivity contribution in [1.82, 2.24) is 5.32 Å². The van der Waals surface area contributed by atoms with E-state index in [1.165, 1.54) is 0 Å². The molecule has 0 aromatic heterocycles. The van der Waals surface area contributed by atoms with Gasteiger partial charge in [-0.15, -0.1) is 0 Å². The topological polar surface area (TPSA) is 175 Å². The zero-order valence-corrected chi connectivity index (χ0v) is 14.3. The number of carboxylic acids is 1. The van der Waals surface area contributed by atoms with Crippen LogP contribution in [0.25, 0.3) is 0 Å². The van der Waals surface area contributed by atoms with Crippen LogP contribution in [-0.4, -0.2) is 101 Å². The number of hydrogen-bond acceptors (Lipinski definition) is 9. The number of amides is 1. The molecule has 0 bridgehead atoms. The second-order valence-corrected chi connectivity index (χ2v) is 5.77. The van der Waals surface area contributed by atoms with E-state index in [4.69, 9.17) is 24.4 Å². The summed E-state index contributed by atoms with van der Waals surface area (Å²) in [5.74, 6) is -1.21. The standard InChI is InChI=1S/C15H27NO10/c17-8-9-12(21)14(13(22)15(23)26-9)25-7-6-24-5-4-16-10(18)2-1-3-11(19)20/h9,12-15,17,21-23H,1-8H2,(H,16,18)(H,19,20)/t9?,12-,13?,14+,15-/m1/s1. The molecule has 0 spiro atoms. The van der Waals surface area contributed by atoms with Crippen LogP contribution < -0.4 is 5.32 Å². The van der Waals surface area contributed by atoms with E-state index < -0.39 is 43.3 Å². The average molecular weight is 381 g/mol. The van der Waals surface area contributed by atoms with Gasteiger partial charge in [0.15, 0.2) is 6.29 Å². The molecule has 152 valence electrons. The van der Waals surface area contributed by atoms with Gasteiger partial charge in [0.05, 0.1) is 26.4 Å². The molecule has 26 heavy (non-hydrogen) atoms. The highest BCUT2D eigenvalue weighted by Crippen LogP contribution is 2.22. The normalized spacial score (nSPS) is 28.7. The molecule has 11 nitrogen and oxygen atoms in total. The van der Waals surface area contributed by atoms with Crippen LogP contribution in [0.15, 0.2) is 0 Å². The predicted octanol–water partition coefficient (Wildman–Crippen LogP) is -2.81. The third kappa shape index (κ3) is 7.91. The van der Waals surface area contributed by atoms with Gasteiger partial charge in [0.25, 0.3) is 0 Å². The first-order valence-corrected chi connectivity index (χ1v) is 8.35. The van der Waals surface area contributed by atoms with Crippen LogP contribution in [0.5, 0.6) is 0 Å². The van der Waals surface area contributed by atoms with E-state index in [0.717, 1.165) is 0 Å². The van der Waals surface area contributed by atoms with Crippen LogP contribution in [0.4, 0.5) is 0 Å². The Bertz CT molecular complexity index is 435. The van der Waals surface area contributed by atoms with E-state index in [9.17, 15) is 24.9 Å². The number of ether oxygens (including phenoxy) is 3. The first-order valence-electron chi connectivity index (χ1n) is 8.35. The van der Waals surface area contributed by atoms with E-state index in [1.54, 1.807) is 0 Å². The second-order valence-electron chi connectivity index (χ2n) is 5.77. The summed E-state index contributed by atoms with van der Waals surface area (Å²) < 4.78 is 15.4. The number of nitrogens with one attached hydrogen (secondary N) is 1. The van der Waals surface area contributed by atoms with Crippen molar-refractivity contribution in [3.8, 4) is 0 Å². The third-order valence-electron chi connectivity index (χ3n) is 3.74. The smallest absolute Gasteiger partial charge is 0.303 e. The molecule has 1 aliphatic rings. The van der Waals surface area contributed by atoms with E-state index in [1.807, 2.05) is 0 Å². The molecule has 1 fully saturated rings. The molecule has 0 radical (unpaired) electrons. The third-order valence-corrected chi connectivity index (χ3v) is 3.74. The summed E-state index contributed by atoms with van der Waals surface area (Å²) in [4.78, 5) is 21.7. The van der Waals surface area contributed by atoms with Crippen LogP contribution >= 0.6 is 0 Å². The highest BCUT2D eigenvalue weighted by Gasteiger charge is 2.44. The van der Waals surface area contributed by atoms with Gasteiger partial charge in [-0.3, -0.25) is 9.59 Å². The zero-order valence-electron chi connectivity index (χ0n) is 14.3. The summed E-state index contributed by atoms with van der Waals surface area (Å²) in [6, 6.07) is 0. The van der Waals surface area contributed by atoms with Crippen molar-refractivity contribution in [2.75, 3.05) is 33.0 Å². The van der Waals surface area contributed by atoms with E-state index in [-0.39, 0.29) is 51.5 Å². The number of carbonyl (C=O) groups is 2. The molecule has 1 amide bonds. The number of carbonyl (C=O) groups excluding carboxylic acids is 1. The second kappa shape index (κ2) is 12.1. The Kier molecular flexibility index (Phi) is 10.6. The first kappa shape index (κ1) is 22.7. The van der Waals surface area contributed by atoms with Crippen molar-refractivity contribution in [2.45, 2.75) is 50.0 Å². The van der Waals surface area contributed by atoms with Gasteiger partial charge < -0.3 is 45.1 Å². The summed E-state index contributed by atoms with van der Waals surface area (Å²) in [7, 11) is 0. The Balaban J connectivity index is 2.11. The molecule has 1 heterocycles. The van der Waals surface area contributed by atoms with Gasteiger partial charge in [-0.25, -0.2) is 0 Å². The summed E-state index contributed by atoms with van der Waals surface area (Å²) >= 11 is 0. The van der Waals surface area contributed by atoms with Gasteiger partial charge in [-0.1, -0.05) is 0 Å². The molecule has 5 atom stereocenters. The highest BCUT2D eigenvalue weighted by atomic mass is 16.6. The van der Waals surface area contributed by atoms with Gasteiger partial charge in [0.2, 0.25) is 5.91 Å². The van der Waals surface area contributed by atoms with E-state index in [2.05, 4.69) is 5.32 Å². The lowest BCUT2D eigenvalue weighted by Gasteiger charge is -2.39. The average Bonchev–Trinajstić information content (AvgIpc) is 2.59. The van der Waals surface area contributed by atoms with Gasteiger partial charge >= 0.3 is 5.97 Å². The number of aliphatic hydroxyl groups is 4. The minimum atomic E-state index is -1.57. The molecule has 0 aromatic carbocycles. The zero-order chi connectivity index (χ0) is 19.5. The van der Waals surface area contributed by atoms with Gasteiger partial charge in [-0.05, 0) is 6.42 Å². The lowest BCUT2D eigenvalue weighted by Crippen LogP contribution is -2.59. The van der Waals surface area contributed by atoms with Crippen LogP contribution in [-0.2, 0) is 23.8 Å². The molecule has 11 heteroatoms. The fraction of sp³-hybridized carbons (Fsp3) is 0.867. The molecule has 1 rings (SSSR count). The lowest BCUT2D eigenvalue weighted by molar-refractivity contribution is -0.295. The van der Waals surface area contributed by atoms with Crippen molar-refractivity contribution in [3.63, 3.8) is 0 Å². The van der Waals surface area contributed by atoms with Crippen LogP contribution in [0.3, 0.4) is 0 Å². The lowest BCUT2D eigenvalue weighted by atomic mass is 9.99. The maximum Gasteiger partial charge on any atom is 0.303 e. The molecule has 2 unspecified atom stereocenters. The molecule has 0 aliphatic carbocycles. The summed E-state index contributed by atoms with van der Waals surface area (Å²) in [5, 5.41) is 49.3. The van der Waals surface area contributed by atoms with Crippen LogP contribution in [0, 0.1) is 0 Å². The van der Waals surface area contributed by atoms with Crippen molar-refractivity contribution in [2.24, 2.45) is 0 Å². The van der Waals surface area contributed by atoms with E-state index in [0.29, 0.717) is 0 Å². The Hall–Kier alpha value is -1.34. The number of carboxylic acid groups (broad SMARTS) is 1. The minimum Gasteiger partial charge on any atom is -0.481 e. The molecular weight excluding hydrogens is 354 g/mol. The summed E-state index contributed by atoms with van der Waals surface area (Å²) in [5.41, 5.74) is 0. The van der Waals surface area contributed by atoms with Crippen molar-refractivity contribution < 1.29 is 49.3 Å². The van der Waals surface area contributed by atoms with Gasteiger partial charge in [0.1, 0.15) is 24.4 Å². The summed E-state index contributed by atoms with van der Waals surface area (Å²) in [6.07, 6.45) is -6.18. The summed E-state index contributed by atoms with van der Waals surface area (Å²) in [6.45, 7) is 0.0454. The maximum atomic E-state index is 11.4. The quantitative estimate of drug-likeness (QED) is 0.194.